The van der Waals surface area contributed by atoms with Gasteiger partial charge in [0.1, 0.15) is 5.65 Å². The summed E-state index contributed by atoms with van der Waals surface area (Å²) >= 11 is 1.79. The van der Waals surface area contributed by atoms with Gasteiger partial charge in [-0.2, -0.15) is 0 Å². The summed E-state index contributed by atoms with van der Waals surface area (Å²) in [4.78, 5) is 23.4. The second kappa shape index (κ2) is 6.84. The second-order valence-electron chi connectivity index (χ2n) is 8.80. The SMILES string of the molecule is O=c1c2ccc(N3c4ccccc4Sc4ccccc43)c3cccc(c32)c2nc3ccccc3n12. The monoisotopic (exact) mass is 467 g/mol. The van der Waals surface area contributed by atoms with Gasteiger partial charge in [-0.3, -0.25) is 9.20 Å². The number of para-hydroxylation sites is 4. The molecule has 0 atom stereocenters. The van der Waals surface area contributed by atoms with Crippen molar-refractivity contribution >= 4 is 67.0 Å². The first-order valence-corrected chi connectivity index (χ1v) is 12.4. The number of hydrogen-bond donors (Lipinski definition) is 0. The second-order valence-corrected chi connectivity index (χ2v) is 9.88. The lowest BCUT2D eigenvalue weighted by atomic mass is 9.99. The van der Waals surface area contributed by atoms with Gasteiger partial charge in [0.25, 0.3) is 5.56 Å². The summed E-state index contributed by atoms with van der Waals surface area (Å²) in [6.45, 7) is 0. The van der Waals surface area contributed by atoms with E-state index in [1.807, 2.05) is 30.3 Å². The van der Waals surface area contributed by atoms with Crippen LogP contribution in [0.2, 0.25) is 0 Å². The van der Waals surface area contributed by atoms with Crippen molar-refractivity contribution in [2.24, 2.45) is 0 Å². The molecule has 3 heterocycles. The van der Waals surface area contributed by atoms with E-state index in [9.17, 15) is 4.79 Å². The van der Waals surface area contributed by atoms with Gasteiger partial charge < -0.3 is 4.90 Å². The molecule has 0 unspecified atom stereocenters. The Morgan fingerprint density at radius 1 is 0.600 bits per heavy atom. The van der Waals surface area contributed by atoms with E-state index < -0.39 is 0 Å². The van der Waals surface area contributed by atoms with Gasteiger partial charge in [-0.25, -0.2) is 4.98 Å². The highest BCUT2D eigenvalue weighted by Gasteiger charge is 2.26. The van der Waals surface area contributed by atoms with Gasteiger partial charge in [0.2, 0.25) is 0 Å². The van der Waals surface area contributed by atoms with E-state index in [1.54, 1.807) is 16.2 Å². The summed E-state index contributed by atoms with van der Waals surface area (Å²) in [5.41, 5.74) is 5.70. The molecule has 2 aromatic heterocycles. The fourth-order valence-corrected chi connectivity index (χ4v) is 6.51. The van der Waals surface area contributed by atoms with E-state index in [0.717, 1.165) is 44.3 Å². The van der Waals surface area contributed by atoms with Crippen LogP contribution in [-0.2, 0) is 0 Å². The zero-order chi connectivity index (χ0) is 23.1. The lowest BCUT2D eigenvalue weighted by molar-refractivity contribution is 1.17. The summed E-state index contributed by atoms with van der Waals surface area (Å²) in [6, 6.07) is 35.2. The number of hydrogen-bond acceptors (Lipinski definition) is 4. The Balaban J connectivity index is 1.52. The van der Waals surface area contributed by atoms with Crippen molar-refractivity contribution in [3.8, 4) is 0 Å². The molecule has 8 rings (SSSR count). The van der Waals surface area contributed by atoms with Gasteiger partial charge >= 0.3 is 0 Å². The third-order valence-corrected chi connectivity index (χ3v) is 8.06. The number of pyridine rings is 1. The van der Waals surface area contributed by atoms with Crippen LogP contribution in [0.5, 0.6) is 0 Å². The summed E-state index contributed by atoms with van der Waals surface area (Å²) in [5.74, 6) is 0. The van der Waals surface area contributed by atoms with Crippen LogP contribution in [0.4, 0.5) is 17.1 Å². The predicted octanol–water partition coefficient (Wildman–Crippen LogP) is 7.53. The van der Waals surface area contributed by atoms with E-state index in [1.165, 1.54) is 9.79 Å². The quantitative estimate of drug-likeness (QED) is 0.250. The lowest BCUT2D eigenvalue weighted by Gasteiger charge is -2.33. The molecule has 0 radical (unpaired) electrons. The molecule has 0 bridgehead atoms. The molecule has 0 amide bonds. The maximum Gasteiger partial charge on any atom is 0.264 e. The zero-order valence-corrected chi connectivity index (χ0v) is 19.3. The van der Waals surface area contributed by atoms with E-state index >= 15 is 0 Å². The van der Waals surface area contributed by atoms with Crippen LogP contribution in [0.25, 0.3) is 38.2 Å². The Morgan fingerprint density at radius 3 is 2.09 bits per heavy atom. The summed E-state index contributed by atoms with van der Waals surface area (Å²) < 4.78 is 1.76. The normalized spacial score (nSPS) is 13.1. The lowest BCUT2D eigenvalue weighted by Crippen LogP contribution is -2.17. The molecule has 1 aliphatic rings. The minimum absolute atomic E-state index is 0.0288. The van der Waals surface area contributed by atoms with Crippen LogP contribution in [0.3, 0.4) is 0 Å². The Hall–Kier alpha value is -4.35. The predicted molar refractivity (Wildman–Crippen MR) is 144 cm³/mol. The van der Waals surface area contributed by atoms with E-state index in [0.29, 0.717) is 11.0 Å². The van der Waals surface area contributed by atoms with Crippen molar-refractivity contribution in [3.63, 3.8) is 0 Å². The first-order valence-electron chi connectivity index (χ1n) is 11.5. The molecule has 0 saturated heterocycles. The fourth-order valence-electron chi connectivity index (χ4n) is 5.45. The van der Waals surface area contributed by atoms with E-state index in [-0.39, 0.29) is 5.56 Å². The molecule has 5 aromatic carbocycles. The van der Waals surface area contributed by atoms with E-state index in [4.69, 9.17) is 4.98 Å². The number of benzene rings is 5. The molecule has 0 N–H and O–H groups in total. The van der Waals surface area contributed by atoms with Crippen molar-refractivity contribution in [2.75, 3.05) is 4.90 Å². The molecule has 0 aliphatic carbocycles. The number of rotatable bonds is 1. The summed E-state index contributed by atoms with van der Waals surface area (Å²) in [5, 5.41) is 3.71. The van der Waals surface area contributed by atoms with Crippen molar-refractivity contribution in [2.45, 2.75) is 9.79 Å². The minimum Gasteiger partial charge on any atom is -0.308 e. The molecule has 1 aliphatic heterocycles. The maximum absolute atomic E-state index is 13.8. The van der Waals surface area contributed by atoms with Crippen molar-refractivity contribution in [1.82, 2.24) is 9.38 Å². The van der Waals surface area contributed by atoms with Gasteiger partial charge in [0, 0.05) is 31.3 Å². The Labute approximate surface area is 204 Å². The molecular weight excluding hydrogens is 450 g/mol. The fraction of sp³-hybridized carbons (Fsp3) is 0. The molecule has 4 nitrogen and oxygen atoms in total. The third-order valence-electron chi connectivity index (χ3n) is 6.93. The van der Waals surface area contributed by atoms with Gasteiger partial charge in [0.05, 0.1) is 28.1 Å². The smallest absolute Gasteiger partial charge is 0.264 e. The van der Waals surface area contributed by atoms with E-state index in [2.05, 4.69) is 77.7 Å². The van der Waals surface area contributed by atoms with Crippen LogP contribution in [0, 0.1) is 0 Å². The third kappa shape index (κ3) is 2.48. The molecule has 164 valence electrons. The minimum atomic E-state index is -0.0288. The first-order chi connectivity index (χ1) is 17.3. The number of anilines is 3. The molecule has 35 heavy (non-hydrogen) atoms. The number of nitrogens with zero attached hydrogens (tertiary/aromatic N) is 3. The van der Waals surface area contributed by atoms with Crippen LogP contribution in [0.15, 0.2) is 118 Å². The molecule has 0 fully saturated rings. The highest BCUT2D eigenvalue weighted by molar-refractivity contribution is 7.99. The average Bonchev–Trinajstić information content (AvgIpc) is 3.30. The maximum atomic E-state index is 13.8. The Bertz CT molecular complexity index is 1980. The van der Waals surface area contributed by atoms with Gasteiger partial charge in [-0.1, -0.05) is 66.4 Å². The first kappa shape index (κ1) is 19.0. The molecule has 7 aromatic rings. The number of imidazole rings is 1. The molecule has 0 spiro atoms. The molecule has 0 saturated carbocycles. The van der Waals surface area contributed by atoms with Crippen molar-refractivity contribution < 1.29 is 0 Å². The Kier molecular flexibility index (Phi) is 3.71. The highest BCUT2D eigenvalue weighted by atomic mass is 32.2. The summed E-state index contributed by atoms with van der Waals surface area (Å²) in [6.07, 6.45) is 0. The number of fused-ring (bicyclic) bond motifs is 6. The van der Waals surface area contributed by atoms with Gasteiger partial charge in [0.15, 0.2) is 0 Å². The van der Waals surface area contributed by atoms with Crippen molar-refractivity contribution in [3.05, 3.63) is 113 Å². The molecule has 5 heteroatoms. The van der Waals surface area contributed by atoms with Crippen LogP contribution >= 0.6 is 11.8 Å². The average molecular weight is 468 g/mol. The van der Waals surface area contributed by atoms with Crippen molar-refractivity contribution in [1.29, 1.82) is 0 Å². The topological polar surface area (TPSA) is 37.6 Å². The largest absolute Gasteiger partial charge is 0.308 e. The summed E-state index contributed by atoms with van der Waals surface area (Å²) in [7, 11) is 0. The number of aromatic nitrogens is 2. The van der Waals surface area contributed by atoms with Gasteiger partial charge in [-0.15, -0.1) is 0 Å². The van der Waals surface area contributed by atoms with Gasteiger partial charge in [-0.05, 0) is 48.5 Å². The van der Waals surface area contributed by atoms with Crippen LogP contribution in [0.1, 0.15) is 0 Å². The highest BCUT2D eigenvalue weighted by Crippen LogP contribution is 2.52. The van der Waals surface area contributed by atoms with Crippen LogP contribution in [-0.4, -0.2) is 9.38 Å². The molecular formula is C30H17N3OS. The Morgan fingerprint density at radius 2 is 1.29 bits per heavy atom. The zero-order valence-electron chi connectivity index (χ0n) is 18.5. The standard InChI is InChI=1S/C30H17N3OS/c34-30-20-16-17-22(32-24-12-3-5-14-26(24)35-27-15-6-4-13-25(27)32)18-8-7-9-19(28(18)20)29-31-21-10-1-2-11-23(21)33(29)30/h1-17H. The van der Waals surface area contributed by atoms with Crippen LogP contribution < -0.4 is 10.5 Å².